The lowest BCUT2D eigenvalue weighted by molar-refractivity contribution is -0.134. The van der Waals surface area contributed by atoms with E-state index in [0.717, 1.165) is 5.56 Å². The van der Waals surface area contributed by atoms with Gasteiger partial charge in [-0.05, 0) is 49.5 Å². The summed E-state index contributed by atoms with van der Waals surface area (Å²) in [5.41, 5.74) is -0.0344. The summed E-state index contributed by atoms with van der Waals surface area (Å²) < 4.78 is 10.6. The molecule has 9 heteroatoms. The molecule has 1 aliphatic rings. The quantitative estimate of drug-likeness (QED) is 0.296. The molecule has 0 bridgehead atoms. The molecular weight excluding hydrogens is 486 g/mol. The van der Waals surface area contributed by atoms with Crippen molar-refractivity contribution in [3.63, 3.8) is 0 Å². The molecule has 38 heavy (non-hydrogen) atoms. The van der Waals surface area contributed by atoms with Crippen LogP contribution in [-0.4, -0.2) is 54.0 Å². The first-order chi connectivity index (χ1) is 17.8. The minimum absolute atomic E-state index is 0.0783. The van der Waals surface area contributed by atoms with Crippen molar-refractivity contribution in [2.75, 3.05) is 6.61 Å². The number of amides is 3. The highest BCUT2D eigenvalue weighted by Crippen LogP contribution is 2.29. The summed E-state index contributed by atoms with van der Waals surface area (Å²) in [6, 6.07) is 6.80. The van der Waals surface area contributed by atoms with Gasteiger partial charge in [0.1, 0.15) is 24.3 Å². The van der Waals surface area contributed by atoms with Crippen molar-refractivity contribution in [3.8, 4) is 0 Å². The predicted octanol–water partition coefficient (Wildman–Crippen LogP) is 3.75. The number of carbonyl (C=O) groups excluding carboxylic acids is 4. The van der Waals surface area contributed by atoms with Crippen molar-refractivity contribution in [2.24, 2.45) is 17.8 Å². The van der Waals surface area contributed by atoms with Crippen molar-refractivity contribution in [2.45, 2.75) is 98.1 Å². The maximum Gasteiger partial charge on any atom is 0.408 e. The molecule has 0 aliphatic carbocycles. The minimum atomic E-state index is -0.882. The molecule has 0 spiro atoms. The zero-order valence-electron chi connectivity index (χ0n) is 23.8. The van der Waals surface area contributed by atoms with Crippen LogP contribution in [0.5, 0.6) is 0 Å². The Morgan fingerprint density at radius 2 is 1.24 bits per heavy atom. The fourth-order valence-electron chi connectivity index (χ4n) is 4.18. The summed E-state index contributed by atoms with van der Waals surface area (Å²) in [5.74, 6) is -0.682. The van der Waals surface area contributed by atoms with Gasteiger partial charge in [-0.15, -0.1) is 0 Å². The number of rotatable bonds is 15. The molecule has 1 aromatic rings. The van der Waals surface area contributed by atoms with Gasteiger partial charge in [-0.1, -0.05) is 71.9 Å². The van der Waals surface area contributed by atoms with E-state index >= 15 is 0 Å². The second-order valence-corrected chi connectivity index (χ2v) is 11.7. The summed E-state index contributed by atoms with van der Waals surface area (Å²) in [7, 11) is 0. The predicted molar refractivity (Wildman–Crippen MR) is 145 cm³/mol. The van der Waals surface area contributed by atoms with Gasteiger partial charge in [0.25, 0.3) is 0 Å². The lowest BCUT2D eigenvalue weighted by atomic mass is 9.92. The normalized spacial score (nSPS) is 19.0. The molecule has 1 aromatic carbocycles. The zero-order valence-corrected chi connectivity index (χ0v) is 23.8. The third-order valence-corrected chi connectivity index (χ3v) is 6.31. The summed E-state index contributed by atoms with van der Waals surface area (Å²) in [4.78, 5) is 52.1. The Hall–Kier alpha value is -2.94. The highest BCUT2D eigenvalue weighted by molar-refractivity contribution is 5.98. The first-order valence-electron chi connectivity index (χ1n) is 13.6. The standard InChI is InChI=1S/C29H45N3O6/c1-18(2)13-22(25(33)29(7)17-38-29)30-26(34)23(14-19(3)4)31-27(35)24(15-20(5)6)32-28(36)37-16-21-11-9-8-10-12-21/h8-12,18-20,22-24H,13-17H2,1-7H3,(H,30,34)(H,31,35)(H,32,36)/t22?,23-,24?,29?/m0/s1. The molecule has 0 radical (unpaired) electrons. The van der Waals surface area contributed by atoms with Crippen molar-refractivity contribution in [3.05, 3.63) is 35.9 Å². The van der Waals surface area contributed by atoms with Crippen LogP contribution in [0.4, 0.5) is 4.79 Å². The molecule has 212 valence electrons. The van der Waals surface area contributed by atoms with E-state index in [2.05, 4.69) is 16.0 Å². The van der Waals surface area contributed by atoms with Crippen LogP contribution >= 0.6 is 0 Å². The summed E-state index contributed by atoms with van der Waals surface area (Å²) in [6.45, 7) is 13.9. The van der Waals surface area contributed by atoms with Crippen molar-refractivity contribution in [1.29, 1.82) is 0 Å². The SMILES string of the molecule is CC(C)CC(NC(=O)OCc1ccccc1)C(=O)N[C@@H](CC(C)C)C(=O)NC(CC(C)C)C(=O)C1(C)CO1. The molecule has 1 aliphatic heterocycles. The third-order valence-electron chi connectivity index (χ3n) is 6.31. The van der Waals surface area contributed by atoms with Crippen LogP contribution in [-0.2, 0) is 30.5 Å². The van der Waals surface area contributed by atoms with Gasteiger partial charge < -0.3 is 25.4 Å². The van der Waals surface area contributed by atoms with Gasteiger partial charge in [0.2, 0.25) is 11.8 Å². The highest BCUT2D eigenvalue weighted by Gasteiger charge is 2.50. The van der Waals surface area contributed by atoms with Gasteiger partial charge in [0.05, 0.1) is 12.6 Å². The summed E-state index contributed by atoms with van der Waals surface area (Å²) >= 11 is 0. The number of benzene rings is 1. The maximum absolute atomic E-state index is 13.4. The molecule has 3 N–H and O–H groups in total. The molecule has 4 atom stereocenters. The van der Waals surface area contributed by atoms with Crippen molar-refractivity contribution in [1.82, 2.24) is 16.0 Å². The number of Topliss-reactive ketones (excluding diaryl/α,β-unsaturated/α-hetero) is 1. The summed E-state index contributed by atoms with van der Waals surface area (Å²) in [5, 5.41) is 8.34. The van der Waals surface area contributed by atoms with Gasteiger partial charge >= 0.3 is 6.09 Å². The van der Waals surface area contributed by atoms with E-state index < -0.39 is 41.6 Å². The van der Waals surface area contributed by atoms with Gasteiger partial charge in [0, 0.05) is 0 Å². The molecule has 1 saturated heterocycles. The van der Waals surface area contributed by atoms with Crippen LogP contribution in [0.3, 0.4) is 0 Å². The maximum atomic E-state index is 13.4. The van der Waals surface area contributed by atoms with E-state index in [0.29, 0.717) is 25.9 Å². The Labute approximate surface area is 226 Å². The van der Waals surface area contributed by atoms with Crippen LogP contribution in [0.25, 0.3) is 0 Å². The van der Waals surface area contributed by atoms with Crippen LogP contribution in [0.1, 0.15) is 73.3 Å². The van der Waals surface area contributed by atoms with E-state index in [4.69, 9.17) is 9.47 Å². The fourth-order valence-corrected chi connectivity index (χ4v) is 4.18. The Bertz CT molecular complexity index is 943. The number of nitrogens with one attached hydrogen (secondary N) is 3. The first-order valence-corrected chi connectivity index (χ1v) is 13.6. The Morgan fingerprint density at radius 1 is 0.789 bits per heavy atom. The van der Waals surface area contributed by atoms with E-state index in [-0.39, 0.29) is 30.1 Å². The molecule has 0 aromatic heterocycles. The van der Waals surface area contributed by atoms with Crippen LogP contribution in [0, 0.1) is 17.8 Å². The van der Waals surface area contributed by atoms with E-state index in [9.17, 15) is 19.2 Å². The first kappa shape index (κ1) is 31.3. The second-order valence-electron chi connectivity index (χ2n) is 11.7. The molecule has 2 rings (SSSR count). The Balaban J connectivity index is 2.09. The lowest BCUT2D eigenvalue weighted by Gasteiger charge is -2.27. The van der Waals surface area contributed by atoms with E-state index in [1.54, 1.807) is 6.92 Å². The average molecular weight is 532 g/mol. The van der Waals surface area contributed by atoms with Gasteiger partial charge in [0.15, 0.2) is 5.78 Å². The lowest BCUT2D eigenvalue weighted by Crippen LogP contribution is -2.57. The highest BCUT2D eigenvalue weighted by atomic mass is 16.6. The van der Waals surface area contributed by atoms with E-state index in [1.807, 2.05) is 71.9 Å². The molecular formula is C29H45N3O6. The van der Waals surface area contributed by atoms with Gasteiger partial charge in [-0.3, -0.25) is 14.4 Å². The van der Waals surface area contributed by atoms with Crippen LogP contribution in [0.2, 0.25) is 0 Å². The van der Waals surface area contributed by atoms with Gasteiger partial charge in [-0.25, -0.2) is 4.79 Å². The van der Waals surface area contributed by atoms with Crippen LogP contribution in [0.15, 0.2) is 30.3 Å². The summed E-state index contributed by atoms with van der Waals surface area (Å²) in [6.07, 6.45) is 0.504. The largest absolute Gasteiger partial charge is 0.445 e. The number of carbonyl (C=O) groups is 4. The number of ether oxygens (including phenoxy) is 2. The molecule has 1 fully saturated rings. The Kier molecular flexibility index (Phi) is 11.8. The zero-order chi connectivity index (χ0) is 28.5. The molecule has 3 amide bonds. The molecule has 3 unspecified atom stereocenters. The Morgan fingerprint density at radius 3 is 1.71 bits per heavy atom. The molecule has 0 saturated carbocycles. The smallest absolute Gasteiger partial charge is 0.408 e. The fraction of sp³-hybridized carbons (Fsp3) is 0.655. The minimum Gasteiger partial charge on any atom is -0.445 e. The number of hydrogen-bond donors (Lipinski definition) is 3. The second kappa shape index (κ2) is 14.3. The molecule has 1 heterocycles. The molecule has 9 nitrogen and oxygen atoms in total. The third kappa shape index (κ3) is 10.4. The monoisotopic (exact) mass is 531 g/mol. The average Bonchev–Trinajstić information content (AvgIpc) is 3.59. The van der Waals surface area contributed by atoms with Gasteiger partial charge in [-0.2, -0.15) is 0 Å². The number of ketones is 1. The van der Waals surface area contributed by atoms with Crippen molar-refractivity contribution >= 4 is 23.7 Å². The van der Waals surface area contributed by atoms with Crippen LogP contribution < -0.4 is 16.0 Å². The number of alkyl carbamates (subject to hydrolysis) is 1. The topological polar surface area (TPSA) is 126 Å². The van der Waals surface area contributed by atoms with Crippen molar-refractivity contribution < 1.29 is 28.7 Å². The number of epoxide rings is 1. The number of hydrogen-bond acceptors (Lipinski definition) is 6. The van der Waals surface area contributed by atoms with E-state index in [1.165, 1.54) is 0 Å².